The van der Waals surface area contributed by atoms with Gasteiger partial charge in [0.05, 0.1) is 10.9 Å². The summed E-state index contributed by atoms with van der Waals surface area (Å²) in [5, 5.41) is 11.1. The standard InChI is InChI=1S/C7H9Cl2N3O3S2/c1-12(3-6(10)11-13)17(14,15)4-2-5(8)16-7(4)9/h2,13H,3H2,1H3,(H2,10,11). The summed E-state index contributed by atoms with van der Waals surface area (Å²) < 4.78 is 25.3. The van der Waals surface area contributed by atoms with Gasteiger partial charge in [-0.25, -0.2) is 8.42 Å². The Labute approximate surface area is 112 Å². The van der Waals surface area contributed by atoms with Crippen LogP contribution in [0.2, 0.25) is 8.67 Å². The lowest BCUT2D eigenvalue weighted by atomic mass is 10.6. The lowest BCUT2D eigenvalue weighted by Gasteiger charge is -2.15. The average molecular weight is 318 g/mol. The fraction of sp³-hybridized carbons (Fsp3) is 0.286. The van der Waals surface area contributed by atoms with Crippen molar-refractivity contribution < 1.29 is 13.6 Å². The first-order chi connectivity index (χ1) is 7.78. The molecule has 0 radical (unpaired) electrons. The summed E-state index contributed by atoms with van der Waals surface area (Å²) in [6.45, 7) is -0.247. The normalized spacial score (nSPS) is 13.3. The third kappa shape index (κ3) is 3.23. The van der Waals surface area contributed by atoms with E-state index >= 15 is 0 Å². The maximum Gasteiger partial charge on any atom is 0.245 e. The molecule has 0 fully saturated rings. The lowest BCUT2D eigenvalue weighted by molar-refractivity contribution is 0.315. The number of halogens is 2. The molecule has 0 unspecified atom stereocenters. The molecule has 1 rings (SSSR count). The van der Waals surface area contributed by atoms with Gasteiger partial charge in [0.15, 0.2) is 5.84 Å². The zero-order chi connectivity index (χ0) is 13.2. The third-order valence-corrected chi connectivity index (χ3v) is 5.38. The summed E-state index contributed by atoms with van der Waals surface area (Å²) in [5.41, 5.74) is 5.23. The largest absolute Gasteiger partial charge is 0.409 e. The average Bonchev–Trinajstić information content (AvgIpc) is 2.58. The van der Waals surface area contributed by atoms with E-state index in [0.29, 0.717) is 0 Å². The minimum Gasteiger partial charge on any atom is -0.409 e. The topological polar surface area (TPSA) is 96.0 Å². The molecule has 0 atom stereocenters. The van der Waals surface area contributed by atoms with Gasteiger partial charge < -0.3 is 10.9 Å². The minimum atomic E-state index is -3.80. The number of nitrogens with two attached hydrogens (primary N) is 1. The molecule has 1 heterocycles. The zero-order valence-electron chi connectivity index (χ0n) is 8.59. The first-order valence-electron chi connectivity index (χ1n) is 4.16. The maximum absolute atomic E-state index is 12.0. The molecule has 96 valence electrons. The molecule has 0 bridgehead atoms. The highest BCUT2D eigenvalue weighted by atomic mass is 35.5. The second kappa shape index (κ2) is 5.40. The molecule has 6 nitrogen and oxygen atoms in total. The number of sulfonamides is 1. The van der Waals surface area contributed by atoms with Gasteiger partial charge in [-0.3, -0.25) is 0 Å². The highest BCUT2D eigenvalue weighted by molar-refractivity contribution is 7.89. The molecule has 3 N–H and O–H groups in total. The van der Waals surface area contributed by atoms with Crippen molar-refractivity contribution in [3.05, 3.63) is 14.7 Å². The molecular weight excluding hydrogens is 309 g/mol. The molecule has 17 heavy (non-hydrogen) atoms. The van der Waals surface area contributed by atoms with E-state index in [4.69, 9.17) is 34.1 Å². The quantitative estimate of drug-likeness (QED) is 0.380. The van der Waals surface area contributed by atoms with E-state index in [2.05, 4.69) is 5.16 Å². The third-order valence-electron chi connectivity index (χ3n) is 1.83. The van der Waals surface area contributed by atoms with Crippen molar-refractivity contribution in [3.8, 4) is 0 Å². The molecule has 0 spiro atoms. The SMILES string of the molecule is CN(CC(N)=NO)S(=O)(=O)c1cc(Cl)sc1Cl. The van der Waals surface area contributed by atoms with E-state index in [0.717, 1.165) is 15.6 Å². The Morgan fingerprint density at radius 3 is 2.65 bits per heavy atom. The molecule has 0 saturated carbocycles. The molecule has 0 saturated heterocycles. The van der Waals surface area contributed by atoms with E-state index in [-0.39, 0.29) is 25.9 Å². The van der Waals surface area contributed by atoms with Crippen LogP contribution in [0.5, 0.6) is 0 Å². The predicted octanol–water partition coefficient (Wildman–Crippen LogP) is 1.42. The second-order valence-electron chi connectivity index (χ2n) is 3.04. The maximum atomic E-state index is 12.0. The Morgan fingerprint density at radius 1 is 1.65 bits per heavy atom. The Kier molecular flexibility index (Phi) is 4.62. The smallest absolute Gasteiger partial charge is 0.245 e. The van der Waals surface area contributed by atoms with Gasteiger partial charge in [0.2, 0.25) is 10.0 Å². The number of oxime groups is 1. The van der Waals surface area contributed by atoms with E-state index in [9.17, 15) is 8.42 Å². The van der Waals surface area contributed by atoms with Gasteiger partial charge >= 0.3 is 0 Å². The van der Waals surface area contributed by atoms with Crippen LogP contribution in [-0.4, -0.2) is 37.4 Å². The van der Waals surface area contributed by atoms with Gasteiger partial charge in [0, 0.05) is 7.05 Å². The van der Waals surface area contributed by atoms with Gasteiger partial charge in [0.1, 0.15) is 9.23 Å². The first kappa shape index (κ1) is 14.5. The van der Waals surface area contributed by atoms with Crippen LogP contribution >= 0.6 is 34.5 Å². The molecule has 0 aliphatic heterocycles. The number of nitrogens with zero attached hydrogens (tertiary/aromatic N) is 2. The van der Waals surface area contributed by atoms with Crippen molar-refractivity contribution >= 4 is 50.4 Å². The van der Waals surface area contributed by atoms with Crippen molar-refractivity contribution in [1.29, 1.82) is 0 Å². The number of hydrogen-bond acceptors (Lipinski definition) is 5. The number of hydrogen-bond donors (Lipinski definition) is 2. The van der Waals surface area contributed by atoms with E-state index in [1.165, 1.54) is 13.1 Å². The lowest BCUT2D eigenvalue weighted by Crippen LogP contribution is -2.35. The molecule has 0 aromatic carbocycles. The highest BCUT2D eigenvalue weighted by Gasteiger charge is 2.26. The van der Waals surface area contributed by atoms with Gasteiger partial charge in [-0.1, -0.05) is 28.4 Å². The Bertz CT molecular complexity index is 541. The molecule has 0 aliphatic rings. The Hall–Kier alpha value is -0.540. The predicted molar refractivity (Wildman–Crippen MR) is 67.6 cm³/mol. The van der Waals surface area contributed by atoms with Gasteiger partial charge in [-0.15, -0.1) is 11.3 Å². The van der Waals surface area contributed by atoms with Crippen LogP contribution in [0.1, 0.15) is 0 Å². The van der Waals surface area contributed by atoms with Crippen molar-refractivity contribution in [2.24, 2.45) is 10.9 Å². The van der Waals surface area contributed by atoms with Gasteiger partial charge in [-0.2, -0.15) is 4.31 Å². The van der Waals surface area contributed by atoms with Crippen LogP contribution in [0.15, 0.2) is 16.1 Å². The number of amidine groups is 1. The molecule has 1 aromatic heterocycles. The van der Waals surface area contributed by atoms with Crippen LogP contribution in [0, 0.1) is 0 Å². The van der Waals surface area contributed by atoms with E-state index in [1.807, 2.05) is 0 Å². The van der Waals surface area contributed by atoms with Gasteiger partial charge in [0.25, 0.3) is 0 Å². The van der Waals surface area contributed by atoms with Crippen LogP contribution in [0.25, 0.3) is 0 Å². The number of likely N-dealkylation sites (N-methyl/N-ethyl adjacent to an activating group) is 1. The molecule has 0 amide bonds. The summed E-state index contributed by atoms with van der Waals surface area (Å²) >= 11 is 12.4. The summed E-state index contributed by atoms with van der Waals surface area (Å²) in [6.07, 6.45) is 0. The van der Waals surface area contributed by atoms with Crippen molar-refractivity contribution in [3.63, 3.8) is 0 Å². The minimum absolute atomic E-state index is 0.0707. The fourth-order valence-electron chi connectivity index (χ4n) is 1.01. The highest BCUT2D eigenvalue weighted by Crippen LogP contribution is 2.35. The van der Waals surface area contributed by atoms with E-state index in [1.54, 1.807) is 0 Å². The van der Waals surface area contributed by atoms with Crippen LogP contribution in [0.4, 0.5) is 0 Å². The van der Waals surface area contributed by atoms with Gasteiger partial charge in [-0.05, 0) is 6.07 Å². The molecule has 0 aliphatic carbocycles. The van der Waals surface area contributed by atoms with Crippen molar-refractivity contribution in [1.82, 2.24) is 4.31 Å². The Balaban J connectivity index is 3.07. The number of thiophene rings is 1. The fourth-order valence-corrected chi connectivity index (χ4v) is 4.26. The summed E-state index contributed by atoms with van der Waals surface area (Å²) in [7, 11) is -2.51. The summed E-state index contributed by atoms with van der Waals surface area (Å²) in [4.78, 5) is -0.0950. The molecule has 10 heteroatoms. The van der Waals surface area contributed by atoms with Crippen LogP contribution in [0.3, 0.4) is 0 Å². The summed E-state index contributed by atoms with van der Waals surface area (Å²) in [6, 6.07) is 1.26. The number of rotatable bonds is 4. The first-order valence-corrected chi connectivity index (χ1v) is 7.18. The van der Waals surface area contributed by atoms with Crippen LogP contribution in [-0.2, 0) is 10.0 Å². The van der Waals surface area contributed by atoms with Crippen molar-refractivity contribution in [2.75, 3.05) is 13.6 Å². The van der Waals surface area contributed by atoms with E-state index < -0.39 is 10.0 Å². The van der Waals surface area contributed by atoms with Crippen LogP contribution < -0.4 is 5.73 Å². The molecular formula is C7H9Cl2N3O3S2. The zero-order valence-corrected chi connectivity index (χ0v) is 11.7. The monoisotopic (exact) mass is 317 g/mol. The second-order valence-corrected chi connectivity index (χ2v) is 7.34. The van der Waals surface area contributed by atoms with Crippen molar-refractivity contribution in [2.45, 2.75) is 4.90 Å². The summed E-state index contributed by atoms with van der Waals surface area (Å²) in [5.74, 6) is -0.228. The molecule has 1 aromatic rings. The Morgan fingerprint density at radius 2 is 2.24 bits per heavy atom.